The van der Waals surface area contributed by atoms with Crippen molar-refractivity contribution >= 4 is 16.0 Å². The van der Waals surface area contributed by atoms with Crippen molar-refractivity contribution in [2.24, 2.45) is 11.3 Å². The van der Waals surface area contributed by atoms with E-state index < -0.39 is 10.1 Å². The molecule has 0 spiro atoms. The molecule has 0 saturated carbocycles. The van der Waals surface area contributed by atoms with E-state index in [1.54, 1.807) is 41.5 Å². The first-order valence-electron chi connectivity index (χ1n) is 9.70. The van der Waals surface area contributed by atoms with Crippen molar-refractivity contribution in [2.75, 3.05) is 6.26 Å². The van der Waals surface area contributed by atoms with Crippen LogP contribution in [0.3, 0.4) is 0 Å². The van der Waals surface area contributed by atoms with Crippen LogP contribution >= 0.6 is 0 Å². The average molecular weight is 422 g/mol. The van der Waals surface area contributed by atoms with E-state index in [9.17, 15) is 13.2 Å². The molecule has 0 N–H and O–H groups in total. The van der Waals surface area contributed by atoms with Gasteiger partial charge in [0.05, 0.1) is 19.1 Å². The number of carbonyl (C=O) groups is 1. The molecule has 0 aliphatic carbocycles. The Labute approximate surface area is 174 Å². The minimum Gasteiger partial charge on any atom is -0.467 e. The minimum atomic E-state index is -3.57. The molecule has 160 valence electrons. The van der Waals surface area contributed by atoms with Gasteiger partial charge in [-0.05, 0) is 47.6 Å². The maximum atomic E-state index is 13.0. The molecule has 1 atom stereocenters. The van der Waals surface area contributed by atoms with E-state index in [2.05, 4.69) is 27.7 Å². The Balaban J connectivity index is 2.10. The summed E-state index contributed by atoms with van der Waals surface area (Å²) in [6.07, 6.45) is 4.03. The van der Waals surface area contributed by atoms with E-state index in [0.29, 0.717) is 19.5 Å². The molecule has 2 aromatic rings. The zero-order chi connectivity index (χ0) is 21.7. The topological polar surface area (TPSA) is 76.8 Å². The number of nitrogens with zero attached hydrogens (tertiary/aromatic N) is 1. The number of rotatable bonds is 9. The normalized spacial score (nSPS) is 13.1. The van der Waals surface area contributed by atoms with Gasteiger partial charge in [-0.2, -0.15) is 8.42 Å². The number of hydrogen-bond acceptors (Lipinski definition) is 5. The van der Waals surface area contributed by atoms with Gasteiger partial charge >= 0.3 is 10.1 Å². The van der Waals surface area contributed by atoms with Crippen molar-refractivity contribution in [3.63, 3.8) is 0 Å². The average Bonchev–Trinajstić information content (AvgIpc) is 3.05. The summed E-state index contributed by atoms with van der Waals surface area (Å²) in [5, 5.41) is 0. The maximum absolute atomic E-state index is 13.0. The fourth-order valence-corrected chi connectivity index (χ4v) is 3.87. The molecule has 0 radical (unpaired) electrons. The standard InChI is InChI=1S/C22H31NO5S/c1-17(14-22(2,3)4)13-21(24)23(16-20-7-6-12-27-20)15-18-8-10-19(11-9-18)28-29(5,25)26/h6-12,17H,13-16H2,1-5H3/t17-/m1/s1. The van der Waals surface area contributed by atoms with Crippen LogP contribution in [0.5, 0.6) is 5.75 Å². The molecule has 1 aromatic carbocycles. The molecule has 0 fully saturated rings. The second-order valence-electron chi connectivity index (χ2n) is 8.83. The maximum Gasteiger partial charge on any atom is 0.306 e. The highest BCUT2D eigenvalue weighted by Gasteiger charge is 2.22. The van der Waals surface area contributed by atoms with Gasteiger partial charge in [-0.1, -0.05) is 39.8 Å². The Bertz CT molecular complexity index is 880. The molecule has 0 aliphatic heterocycles. The van der Waals surface area contributed by atoms with Crippen molar-refractivity contribution < 1.29 is 21.8 Å². The van der Waals surface area contributed by atoms with E-state index >= 15 is 0 Å². The Morgan fingerprint density at radius 1 is 1.14 bits per heavy atom. The van der Waals surface area contributed by atoms with E-state index in [4.69, 9.17) is 8.60 Å². The highest BCUT2D eigenvalue weighted by molar-refractivity contribution is 7.86. The summed E-state index contributed by atoms with van der Waals surface area (Å²) in [5.41, 5.74) is 1.05. The lowest BCUT2D eigenvalue weighted by Gasteiger charge is -2.27. The molecule has 1 heterocycles. The van der Waals surface area contributed by atoms with Gasteiger partial charge in [-0.25, -0.2) is 0 Å². The fourth-order valence-electron chi connectivity index (χ4n) is 3.41. The molecule has 29 heavy (non-hydrogen) atoms. The summed E-state index contributed by atoms with van der Waals surface area (Å²) >= 11 is 0. The predicted octanol–water partition coefficient (Wildman–Crippen LogP) is 4.61. The van der Waals surface area contributed by atoms with Gasteiger partial charge in [0, 0.05) is 13.0 Å². The molecular formula is C22H31NO5S. The smallest absolute Gasteiger partial charge is 0.306 e. The zero-order valence-corrected chi connectivity index (χ0v) is 18.7. The molecule has 0 unspecified atom stereocenters. The summed E-state index contributed by atoms with van der Waals surface area (Å²) in [6.45, 7) is 9.42. The third-order valence-corrected chi connectivity index (χ3v) is 4.80. The highest BCUT2D eigenvalue weighted by Crippen LogP contribution is 2.27. The zero-order valence-electron chi connectivity index (χ0n) is 17.8. The van der Waals surface area contributed by atoms with E-state index in [-0.39, 0.29) is 23.0 Å². The van der Waals surface area contributed by atoms with Gasteiger partial charge < -0.3 is 13.5 Å². The minimum absolute atomic E-state index is 0.0645. The van der Waals surface area contributed by atoms with Crippen LogP contribution in [-0.2, 0) is 28.0 Å². The van der Waals surface area contributed by atoms with Crippen LogP contribution in [0.15, 0.2) is 47.1 Å². The molecule has 0 bridgehead atoms. The summed E-state index contributed by atoms with van der Waals surface area (Å²) in [5.74, 6) is 1.31. The Hall–Kier alpha value is -2.28. The molecule has 1 amide bonds. The first-order valence-corrected chi connectivity index (χ1v) is 11.5. The van der Waals surface area contributed by atoms with Crippen LogP contribution in [0.4, 0.5) is 0 Å². The van der Waals surface area contributed by atoms with Crippen LogP contribution in [0, 0.1) is 11.3 Å². The highest BCUT2D eigenvalue weighted by atomic mass is 32.2. The lowest BCUT2D eigenvalue weighted by atomic mass is 9.84. The Morgan fingerprint density at radius 3 is 2.31 bits per heavy atom. The van der Waals surface area contributed by atoms with Gasteiger partial charge in [0.1, 0.15) is 11.5 Å². The number of benzene rings is 1. The summed E-state index contributed by atoms with van der Waals surface area (Å²) < 4.78 is 32.8. The van der Waals surface area contributed by atoms with Gasteiger partial charge in [0.15, 0.2) is 0 Å². The first-order chi connectivity index (χ1) is 13.4. The second kappa shape index (κ2) is 9.48. The van der Waals surface area contributed by atoms with Crippen molar-refractivity contribution in [2.45, 2.75) is 53.6 Å². The Morgan fingerprint density at radius 2 is 1.79 bits per heavy atom. The van der Waals surface area contributed by atoms with Gasteiger partial charge in [-0.3, -0.25) is 4.79 Å². The largest absolute Gasteiger partial charge is 0.467 e. The molecule has 0 aliphatic rings. The van der Waals surface area contributed by atoms with Gasteiger partial charge in [0.25, 0.3) is 0 Å². The summed E-state index contributed by atoms with van der Waals surface area (Å²) in [6, 6.07) is 10.4. The summed E-state index contributed by atoms with van der Waals surface area (Å²) in [7, 11) is -3.57. The first kappa shape index (κ1) is 23.0. The number of hydrogen-bond donors (Lipinski definition) is 0. The van der Waals surface area contributed by atoms with Crippen molar-refractivity contribution in [1.29, 1.82) is 0 Å². The van der Waals surface area contributed by atoms with Crippen molar-refractivity contribution in [3.05, 3.63) is 54.0 Å². The summed E-state index contributed by atoms with van der Waals surface area (Å²) in [4.78, 5) is 14.8. The van der Waals surface area contributed by atoms with E-state index in [1.165, 1.54) is 0 Å². The molecule has 6 nitrogen and oxygen atoms in total. The number of furan rings is 1. The second-order valence-corrected chi connectivity index (χ2v) is 10.4. The third-order valence-electron chi connectivity index (χ3n) is 4.31. The number of carbonyl (C=O) groups excluding carboxylic acids is 1. The third kappa shape index (κ3) is 8.73. The number of amides is 1. The van der Waals surface area contributed by atoms with Crippen LogP contribution < -0.4 is 4.18 Å². The van der Waals surface area contributed by atoms with Crippen molar-refractivity contribution in [3.8, 4) is 5.75 Å². The van der Waals surface area contributed by atoms with Crippen LogP contribution in [0.25, 0.3) is 0 Å². The molecule has 1 aromatic heterocycles. The predicted molar refractivity (Wildman–Crippen MR) is 113 cm³/mol. The quantitative estimate of drug-likeness (QED) is 0.553. The molecular weight excluding hydrogens is 390 g/mol. The Kier molecular flexibility index (Phi) is 7.52. The molecule has 2 rings (SSSR count). The molecule has 0 saturated heterocycles. The van der Waals surface area contributed by atoms with Crippen molar-refractivity contribution in [1.82, 2.24) is 4.90 Å². The van der Waals surface area contributed by atoms with Crippen LogP contribution in [0.2, 0.25) is 0 Å². The lowest BCUT2D eigenvalue weighted by Crippen LogP contribution is -2.31. The monoisotopic (exact) mass is 421 g/mol. The fraction of sp³-hybridized carbons (Fsp3) is 0.500. The van der Waals surface area contributed by atoms with E-state index in [0.717, 1.165) is 24.0 Å². The molecule has 7 heteroatoms. The van der Waals surface area contributed by atoms with E-state index in [1.807, 2.05) is 6.07 Å². The van der Waals surface area contributed by atoms with Gasteiger partial charge in [0.2, 0.25) is 5.91 Å². The van der Waals surface area contributed by atoms with Crippen LogP contribution in [-0.4, -0.2) is 25.5 Å². The van der Waals surface area contributed by atoms with Crippen LogP contribution in [0.1, 0.15) is 51.9 Å². The lowest BCUT2D eigenvalue weighted by molar-refractivity contribution is -0.133. The van der Waals surface area contributed by atoms with Gasteiger partial charge in [-0.15, -0.1) is 0 Å². The SMILES string of the molecule is C[C@H](CC(=O)N(Cc1ccc(OS(C)(=O)=O)cc1)Cc1ccco1)CC(C)(C)C.